The molecule has 24 heavy (non-hydrogen) atoms. The van der Waals surface area contributed by atoms with Crippen molar-refractivity contribution in [3.8, 4) is 0 Å². The standard InChI is InChI=1S/C17H23N5OS/c1-2-15-18-19-16-11-20(8-9-22(15)16)12-17(23)21-7-3-5-13(21)14-6-4-10-24-14/h4,6,10,13H,2-3,5,7-9,11-12H2,1H3/t13-/m1/s1. The van der Waals surface area contributed by atoms with Crippen molar-refractivity contribution in [1.82, 2.24) is 24.6 Å². The molecule has 0 unspecified atom stereocenters. The number of aryl methyl sites for hydroxylation is 1. The zero-order valence-electron chi connectivity index (χ0n) is 14.0. The van der Waals surface area contributed by atoms with Crippen LogP contribution in [0, 0.1) is 0 Å². The quantitative estimate of drug-likeness (QED) is 0.851. The van der Waals surface area contributed by atoms with Crippen LogP contribution in [0.3, 0.4) is 0 Å². The lowest BCUT2D eigenvalue weighted by atomic mass is 10.2. The average Bonchev–Trinajstić information content (AvgIpc) is 3.33. The van der Waals surface area contributed by atoms with Crippen LogP contribution in [0.1, 0.15) is 42.3 Å². The number of aromatic nitrogens is 3. The Morgan fingerprint density at radius 2 is 2.25 bits per heavy atom. The summed E-state index contributed by atoms with van der Waals surface area (Å²) in [7, 11) is 0. The number of carbonyl (C=O) groups is 1. The molecule has 0 aromatic carbocycles. The number of likely N-dealkylation sites (tertiary alicyclic amines) is 1. The van der Waals surface area contributed by atoms with Gasteiger partial charge in [-0.05, 0) is 24.3 Å². The Bertz CT molecular complexity index is 711. The monoisotopic (exact) mass is 345 g/mol. The van der Waals surface area contributed by atoms with Gasteiger partial charge in [0.05, 0.1) is 19.1 Å². The molecule has 4 heterocycles. The van der Waals surface area contributed by atoms with Crippen LogP contribution >= 0.6 is 11.3 Å². The van der Waals surface area contributed by atoms with Gasteiger partial charge in [0.15, 0.2) is 0 Å². The van der Waals surface area contributed by atoms with E-state index in [1.807, 2.05) is 0 Å². The second-order valence-corrected chi connectivity index (χ2v) is 7.49. The Labute approximate surface area is 146 Å². The molecule has 0 radical (unpaired) electrons. The van der Waals surface area contributed by atoms with Crippen LogP contribution in [-0.2, 0) is 24.3 Å². The molecule has 2 aliphatic rings. The highest BCUT2D eigenvalue weighted by Crippen LogP contribution is 2.34. The van der Waals surface area contributed by atoms with Crippen molar-refractivity contribution >= 4 is 17.2 Å². The van der Waals surface area contributed by atoms with Crippen LogP contribution in [-0.4, -0.2) is 50.1 Å². The molecule has 0 N–H and O–H groups in total. The molecule has 4 rings (SSSR count). The fourth-order valence-corrected chi connectivity index (χ4v) is 4.66. The summed E-state index contributed by atoms with van der Waals surface area (Å²) in [5.74, 6) is 2.28. The second kappa shape index (κ2) is 6.64. The van der Waals surface area contributed by atoms with Crippen LogP contribution in [0.4, 0.5) is 0 Å². The number of fused-ring (bicyclic) bond motifs is 1. The van der Waals surface area contributed by atoms with Gasteiger partial charge in [-0.1, -0.05) is 13.0 Å². The van der Waals surface area contributed by atoms with Crippen LogP contribution in [0.2, 0.25) is 0 Å². The lowest BCUT2D eigenvalue weighted by molar-refractivity contribution is -0.133. The Kier molecular flexibility index (Phi) is 4.37. The van der Waals surface area contributed by atoms with E-state index in [4.69, 9.17) is 0 Å². The van der Waals surface area contributed by atoms with Crippen molar-refractivity contribution < 1.29 is 4.79 Å². The first-order valence-corrected chi connectivity index (χ1v) is 9.60. The summed E-state index contributed by atoms with van der Waals surface area (Å²) in [6.45, 7) is 5.96. The van der Waals surface area contributed by atoms with E-state index < -0.39 is 0 Å². The number of nitrogens with zero attached hydrogens (tertiary/aromatic N) is 5. The molecule has 0 bridgehead atoms. The minimum absolute atomic E-state index is 0.245. The van der Waals surface area contributed by atoms with Crippen molar-refractivity contribution in [2.24, 2.45) is 0 Å². The Hall–Kier alpha value is -1.73. The SMILES string of the molecule is CCc1nnc2n1CCN(CC(=O)N1CCC[C@@H]1c1cccs1)C2. The van der Waals surface area contributed by atoms with Crippen molar-refractivity contribution in [1.29, 1.82) is 0 Å². The molecule has 1 atom stereocenters. The van der Waals surface area contributed by atoms with Crippen molar-refractivity contribution in [3.63, 3.8) is 0 Å². The number of thiophene rings is 1. The highest BCUT2D eigenvalue weighted by molar-refractivity contribution is 7.10. The van der Waals surface area contributed by atoms with E-state index in [2.05, 4.69) is 49.0 Å². The largest absolute Gasteiger partial charge is 0.334 e. The van der Waals surface area contributed by atoms with Crippen molar-refractivity contribution in [2.45, 2.75) is 45.3 Å². The van der Waals surface area contributed by atoms with Gasteiger partial charge in [-0.3, -0.25) is 9.69 Å². The lowest BCUT2D eigenvalue weighted by Gasteiger charge is -2.30. The Morgan fingerprint density at radius 3 is 3.04 bits per heavy atom. The van der Waals surface area contributed by atoms with Crippen LogP contribution < -0.4 is 0 Å². The number of hydrogen-bond donors (Lipinski definition) is 0. The third-order valence-corrected chi connectivity index (χ3v) is 6.00. The molecule has 0 spiro atoms. The molecule has 6 nitrogen and oxygen atoms in total. The zero-order valence-corrected chi connectivity index (χ0v) is 14.8. The van der Waals surface area contributed by atoms with Crippen LogP contribution in [0.15, 0.2) is 17.5 Å². The third kappa shape index (κ3) is 2.86. The summed E-state index contributed by atoms with van der Waals surface area (Å²) in [5, 5.41) is 10.6. The average molecular weight is 345 g/mol. The molecule has 1 saturated heterocycles. The molecule has 2 aliphatic heterocycles. The number of hydrogen-bond acceptors (Lipinski definition) is 5. The first kappa shape index (κ1) is 15.8. The molecular formula is C17H23N5OS. The van der Waals surface area contributed by atoms with Crippen molar-refractivity contribution in [2.75, 3.05) is 19.6 Å². The minimum atomic E-state index is 0.245. The van der Waals surface area contributed by atoms with Gasteiger partial charge < -0.3 is 9.47 Å². The Morgan fingerprint density at radius 1 is 1.33 bits per heavy atom. The third-order valence-electron chi connectivity index (χ3n) is 5.03. The van der Waals surface area contributed by atoms with E-state index in [0.717, 1.165) is 57.1 Å². The second-order valence-electron chi connectivity index (χ2n) is 6.51. The highest BCUT2D eigenvalue weighted by Gasteiger charge is 2.32. The minimum Gasteiger partial charge on any atom is -0.334 e. The van der Waals surface area contributed by atoms with Crippen LogP contribution in [0.5, 0.6) is 0 Å². The molecule has 128 valence electrons. The van der Waals surface area contributed by atoms with E-state index in [-0.39, 0.29) is 11.9 Å². The zero-order chi connectivity index (χ0) is 16.5. The first-order valence-electron chi connectivity index (χ1n) is 8.72. The number of amides is 1. The predicted octanol–water partition coefficient (Wildman–Crippen LogP) is 2.08. The van der Waals surface area contributed by atoms with E-state index in [0.29, 0.717) is 6.54 Å². The maximum Gasteiger partial charge on any atom is 0.237 e. The molecule has 1 amide bonds. The smallest absolute Gasteiger partial charge is 0.237 e. The fraction of sp³-hybridized carbons (Fsp3) is 0.588. The maximum absolute atomic E-state index is 12.8. The predicted molar refractivity (Wildman–Crippen MR) is 92.7 cm³/mol. The van der Waals surface area contributed by atoms with Gasteiger partial charge in [0.25, 0.3) is 0 Å². The van der Waals surface area contributed by atoms with Gasteiger partial charge in [0.1, 0.15) is 11.6 Å². The van der Waals surface area contributed by atoms with Gasteiger partial charge in [-0.2, -0.15) is 0 Å². The van der Waals surface area contributed by atoms with Gasteiger partial charge in [0, 0.05) is 30.9 Å². The number of rotatable bonds is 4. The first-order chi connectivity index (χ1) is 11.8. The summed E-state index contributed by atoms with van der Waals surface area (Å²) >= 11 is 1.75. The van der Waals surface area contributed by atoms with Gasteiger partial charge in [-0.25, -0.2) is 0 Å². The maximum atomic E-state index is 12.8. The molecule has 0 aliphatic carbocycles. The summed E-state index contributed by atoms with van der Waals surface area (Å²) in [4.78, 5) is 18.4. The molecule has 0 saturated carbocycles. The van der Waals surface area contributed by atoms with E-state index in [9.17, 15) is 4.79 Å². The van der Waals surface area contributed by atoms with Gasteiger partial charge in [-0.15, -0.1) is 21.5 Å². The normalized spacial score (nSPS) is 21.2. The fourth-order valence-electron chi connectivity index (χ4n) is 3.79. The molecule has 2 aromatic rings. The molecular weight excluding hydrogens is 322 g/mol. The molecule has 2 aromatic heterocycles. The topological polar surface area (TPSA) is 54.3 Å². The van der Waals surface area contributed by atoms with Gasteiger partial charge >= 0.3 is 0 Å². The highest BCUT2D eigenvalue weighted by atomic mass is 32.1. The van der Waals surface area contributed by atoms with Crippen LogP contribution in [0.25, 0.3) is 0 Å². The summed E-state index contributed by atoms with van der Waals surface area (Å²) < 4.78 is 2.20. The van der Waals surface area contributed by atoms with E-state index in [1.54, 1.807) is 11.3 Å². The lowest BCUT2D eigenvalue weighted by Crippen LogP contribution is -2.43. The molecule has 7 heteroatoms. The van der Waals surface area contributed by atoms with E-state index >= 15 is 0 Å². The summed E-state index contributed by atoms with van der Waals surface area (Å²) in [6.07, 6.45) is 3.09. The summed E-state index contributed by atoms with van der Waals surface area (Å²) in [5.41, 5.74) is 0. The van der Waals surface area contributed by atoms with Crippen molar-refractivity contribution in [3.05, 3.63) is 34.0 Å². The van der Waals surface area contributed by atoms with E-state index in [1.165, 1.54) is 4.88 Å². The van der Waals surface area contributed by atoms with Gasteiger partial charge in [0.2, 0.25) is 5.91 Å². The number of carbonyl (C=O) groups excluding carboxylic acids is 1. The molecule has 1 fully saturated rings. The Balaban J connectivity index is 1.41. The summed E-state index contributed by atoms with van der Waals surface area (Å²) in [6, 6.07) is 4.50.